The number of aromatic amines is 1. The summed E-state index contributed by atoms with van der Waals surface area (Å²) in [4.78, 5) is 7.24. The number of imidazole rings is 1. The average Bonchev–Trinajstić information content (AvgIpc) is 2.58. The smallest absolute Gasteiger partial charge is 0.0921 e. The Bertz CT molecular complexity index is 202. The van der Waals surface area contributed by atoms with E-state index in [1.54, 1.807) is 6.33 Å². The van der Waals surface area contributed by atoms with Gasteiger partial charge in [0.15, 0.2) is 0 Å². The monoisotopic (exact) mass is 186 g/mol. The van der Waals surface area contributed by atoms with Crippen LogP contribution in [0.25, 0.3) is 0 Å². The molecule has 1 aromatic rings. The van der Waals surface area contributed by atoms with Gasteiger partial charge in [-0.05, 0) is 12.8 Å². The predicted molar refractivity (Wildman–Crippen MR) is 51.7 cm³/mol. The molecule has 1 aliphatic carbocycles. The first kappa shape index (κ1) is 9.59. The molecule has 0 aromatic carbocycles. The molecule has 68 valence electrons. The molecule has 0 amide bonds. The van der Waals surface area contributed by atoms with Crippen LogP contribution >= 0.6 is 12.4 Å². The van der Waals surface area contributed by atoms with Crippen LogP contribution in [0.5, 0.6) is 0 Å². The van der Waals surface area contributed by atoms with Gasteiger partial charge < -0.3 is 4.98 Å². The predicted octanol–water partition coefficient (Wildman–Crippen LogP) is 2.88. The van der Waals surface area contributed by atoms with Crippen molar-refractivity contribution >= 4 is 12.4 Å². The van der Waals surface area contributed by atoms with E-state index >= 15 is 0 Å². The molecule has 0 spiro atoms. The van der Waals surface area contributed by atoms with Crippen LogP contribution in [-0.4, -0.2) is 9.97 Å². The first-order valence-corrected chi connectivity index (χ1v) is 4.45. The van der Waals surface area contributed by atoms with Gasteiger partial charge in [0.05, 0.1) is 6.33 Å². The van der Waals surface area contributed by atoms with Crippen LogP contribution in [0.3, 0.4) is 0 Å². The molecule has 0 atom stereocenters. The van der Waals surface area contributed by atoms with E-state index in [1.165, 1.54) is 37.8 Å². The third-order valence-electron chi connectivity index (χ3n) is 2.56. The van der Waals surface area contributed by atoms with Crippen molar-refractivity contribution in [2.24, 2.45) is 0 Å². The highest BCUT2D eigenvalue weighted by molar-refractivity contribution is 5.85. The molecule has 1 N–H and O–H groups in total. The lowest BCUT2D eigenvalue weighted by Crippen LogP contribution is -2.04. The normalized spacial score (nSPS) is 18.7. The highest BCUT2D eigenvalue weighted by Gasteiger charge is 2.15. The van der Waals surface area contributed by atoms with E-state index in [1.807, 2.05) is 6.20 Å². The molecule has 2 rings (SSSR count). The Morgan fingerprint density at radius 2 is 2.00 bits per heavy atom. The lowest BCUT2D eigenvalue weighted by Gasteiger charge is -2.19. The van der Waals surface area contributed by atoms with Crippen LogP contribution in [0.2, 0.25) is 0 Å². The number of halogens is 1. The Hall–Kier alpha value is -0.500. The van der Waals surface area contributed by atoms with Crippen molar-refractivity contribution in [3.63, 3.8) is 0 Å². The van der Waals surface area contributed by atoms with E-state index in [4.69, 9.17) is 0 Å². The standard InChI is InChI=1S/C9H14N2.ClH/c1-2-4-8(5-3-1)9-6-10-7-11-9;/h6-8H,1-5H2,(H,10,11);1H. The maximum Gasteiger partial charge on any atom is 0.0921 e. The third-order valence-corrected chi connectivity index (χ3v) is 2.56. The minimum Gasteiger partial charge on any atom is -0.348 e. The third kappa shape index (κ3) is 2.01. The lowest BCUT2D eigenvalue weighted by atomic mass is 9.87. The van der Waals surface area contributed by atoms with Gasteiger partial charge in [0, 0.05) is 17.8 Å². The second kappa shape index (κ2) is 4.51. The Balaban J connectivity index is 0.000000720. The molecule has 1 fully saturated rings. The molecular weight excluding hydrogens is 172 g/mol. The van der Waals surface area contributed by atoms with Gasteiger partial charge in [0.2, 0.25) is 0 Å². The van der Waals surface area contributed by atoms with Crippen molar-refractivity contribution in [1.82, 2.24) is 9.97 Å². The second-order valence-electron chi connectivity index (χ2n) is 3.34. The molecule has 0 radical (unpaired) electrons. The fourth-order valence-corrected chi connectivity index (χ4v) is 1.90. The van der Waals surface area contributed by atoms with Crippen LogP contribution in [0.15, 0.2) is 12.5 Å². The molecule has 1 saturated carbocycles. The van der Waals surface area contributed by atoms with Gasteiger partial charge in [-0.3, -0.25) is 0 Å². The van der Waals surface area contributed by atoms with Gasteiger partial charge in [0.1, 0.15) is 0 Å². The van der Waals surface area contributed by atoms with Gasteiger partial charge in [-0.15, -0.1) is 12.4 Å². The number of nitrogens with one attached hydrogen (secondary N) is 1. The molecule has 0 bridgehead atoms. The summed E-state index contributed by atoms with van der Waals surface area (Å²) in [5.41, 5.74) is 1.34. The summed E-state index contributed by atoms with van der Waals surface area (Å²) in [6.45, 7) is 0. The van der Waals surface area contributed by atoms with Gasteiger partial charge in [-0.1, -0.05) is 19.3 Å². The average molecular weight is 187 g/mol. The van der Waals surface area contributed by atoms with Gasteiger partial charge in [0.25, 0.3) is 0 Å². The maximum atomic E-state index is 4.04. The number of hydrogen-bond donors (Lipinski definition) is 1. The topological polar surface area (TPSA) is 28.7 Å². The summed E-state index contributed by atoms with van der Waals surface area (Å²) in [6, 6.07) is 0. The molecule has 1 aromatic heterocycles. The zero-order valence-electron chi connectivity index (χ0n) is 7.12. The van der Waals surface area contributed by atoms with Crippen molar-refractivity contribution in [1.29, 1.82) is 0 Å². The van der Waals surface area contributed by atoms with Crippen LogP contribution in [0, 0.1) is 0 Å². The Labute approximate surface area is 79.2 Å². The number of H-pyrrole nitrogens is 1. The van der Waals surface area contributed by atoms with Crippen molar-refractivity contribution in [2.45, 2.75) is 38.0 Å². The number of rotatable bonds is 1. The minimum absolute atomic E-state index is 0. The zero-order valence-corrected chi connectivity index (χ0v) is 7.94. The summed E-state index contributed by atoms with van der Waals surface area (Å²) < 4.78 is 0. The molecule has 1 heterocycles. The summed E-state index contributed by atoms with van der Waals surface area (Å²) in [5.74, 6) is 0.770. The molecular formula is C9H15ClN2. The van der Waals surface area contributed by atoms with E-state index in [-0.39, 0.29) is 12.4 Å². The minimum atomic E-state index is 0. The van der Waals surface area contributed by atoms with E-state index in [0.29, 0.717) is 0 Å². The fourth-order valence-electron chi connectivity index (χ4n) is 1.90. The number of hydrogen-bond acceptors (Lipinski definition) is 1. The van der Waals surface area contributed by atoms with E-state index in [9.17, 15) is 0 Å². The van der Waals surface area contributed by atoms with E-state index in [2.05, 4.69) is 9.97 Å². The van der Waals surface area contributed by atoms with Crippen molar-refractivity contribution in [2.75, 3.05) is 0 Å². The van der Waals surface area contributed by atoms with Gasteiger partial charge in [-0.2, -0.15) is 0 Å². The molecule has 1 aliphatic rings. The first-order chi connectivity index (χ1) is 5.47. The molecule has 2 nitrogen and oxygen atoms in total. The molecule has 3 heteroatoms. The van der Waals surface area contributed by atoms with Gasteiger partial charge in [-0.25, -0.2) is 4.98 Å². The quantitative estimate of drug-likeness (QED) is 0.718. The van der Waals surface area contributed by atoms with Crippen molar-refractivity contribution < 1.29 is 0 Å². The second-order valence-corrected chi connectivity index (χ2v) is 3.34. The summed E-state index contributed by atoms with van der Waals surface area (Å²) in [7, 11) is 0. The van der Waals surface area contributed by atoms with Crippen molar-refractivity contribution in [3.8, 4) is 0 Å². The van der Waals surface area contributed by atoms with Crippen LogP contribution in [-0.2, 0) is 0 Å². The maximum absolute atomic E-state index is 4.04. The lowest BCUT2D eigenvalue weighted by molar-refractivity contribution is 0.437. The van der Waals surface area contributed by atoms with Gasteiger partial charge >= 0.3 is 0 Å². The molecule has 12 heavy (non-hydrogen) atoms. The number of nitrogens with zero attached hydrogens (tertiary/aromatic N) is 1. The Morgan fingerprint density at radius 1 is 1.25 bits per heavy atom. The highest BCUT2D eigenvalue weighted by Crippen LogP contribution is 2.30. The summed E-state index contributed by atoms with van der Waals surface area (Å²) >= 11 is 0. The highest BCUT2D eigenvalue weighted by atomic mass is 35.5. The Kier molecular flexibility index (Phi) is 3.60. The van der Waals surface area contributed by atoms with Crippen LogP contribution in [0.1, 0.15) is 43.7 Å². The zero-order chi connectivity index (χ0) is 7.52. The first-order valence-electron chi connectivity index (χ1n) is 4.45. The van der Waals surface area contributed by atoms with Crippen molar-refractivity contribution in [3.05, 3.63) is 18.2 Å². The van der Waals surface area contributed by atoms with Crippen LogP contribution in [0.4, 0.5) is 0 Å². The largest absolute Gasteiger partial charge is 0.348 e. The molecule has 0 unspecified atom stereocenters. The summed E-state index contributed by atoms with van der Waals surface area (Å²) in [6.07, 6.45) is 10.7. The SMILES string of the molecule is Cl.c1ncc(C2CCCCC2)[nH]1. The fraction of sp³-hybridized carbons (Fsp3) is 0.667. The van der Waals surface area contributed by atoms with E-state index in [0.717, 1.165) is 5.92 Å². The molecule has 0 saturated heterocycles. The van der Waals surface area contributed by atoms with Crippen LogP contribution < -0.4 is 0 Å². The number of aromatic nitrogens is 2. The summed E-state index contributed by atoms with van der Waals surface area (Å²) in [5, 5.41) is 0. The molecule has 0 aliphatic heterocycles. The Morgan fingerprint density at radius 3 is 2.58 bits per heavy atom. The van der Waals surface area contributed by atoms with E-state index < -0.39 is 0 Å².